The first kappa shape index (κ1) is 22.0. The van der Waals surface area contributed by atoms with E-state index in [9.17, 15) is 18.4 Å². The van der Waals surface area contributed by atoms with Crippen LogP contribution in [0.4, 0.5) is 8.78 Å². The summed E-state index contributed by atoms with van der Waals surface area (Å²) in [6.07, 6.45) is 2.30. The Labute approximate surface area is 167 Å². The van der Waals surface area contributed by atoms with Crippen LogP contribution in [0.2, 0.25) is 0 Å². The molecule has 1 amide bonds. The Kier molecular flexibility index (Phi) is 9.55. The Morgan fingerprint density at radius 2 is 1.92 bits per heavy atom. The molecule has 0 aromatic heterocycles. The van der Waals surface area contributed by atoms with Crippen LogP contribution in [-0.4, -0.2) is 31.0 Å². The number of halogens is 4. The van der Waals surface area contributed by atoms with Gasteiger partial charge in [-0.3, -0.25) is 4.79 Å². The minimum Gasteiger partial charge on any atom is -0.461 e. The Hall–Kier alpha value is -1.03. The van der Waals surface area contributed by atoms with Crippen molar-refractivity contribution in [1.29, 1.82) is 0 Å². The lowest BCUT2D eigenvalue weighted by molar-refractivity contribution is -0.164. The molecule has 4 nitrogen and oxygen atoms in total. The molecule has 0 spiro atoms. The quantitative estimate of drug-likeness (QED) is 0.282. The summed E-state index contributed by atoms with van der Waals surface area (Å²) in [5, 5.41) is 2.78. The summed E-state index contributed by atoms with van der Waals surface area (Å²) in [4.78, 5) is 23.0. The smallest absolute Gasteiger partial charge is 0.381 e. The van der Waals surface area contributed by atoms with Crippen molar-refractivity contribution in [1.82, 2.24) is 5.32 Å². The average Bonchev–Trinajstić information content (AvgIpc) is 2.54. The molecule has 25 heavy (non-hydrogen) atoms. The van der Waals surface area contributed by atoms with Crippen molar-refractivity contribution in [3.63, 3.8) is 0 Å². The van der Waals surface area contributed by atoms with E-state index in [1.165, 1.54) is 6.92 Å². The topological polar surface area (TPSA) is 55.4 Å². The van der Waals surface area contributed by atoms with E-state index >= 15 is 0 Å². The van der Waals surface area contributed by atoms with E-state index in [1.807, 2.05) is 0 Å². The molecular weight excluding hydrogens is 511 g/mol. The predicted octanol–water partition coefficient (Wildman–Crippen LogP) is 4.87. The van der Waals surface area contributed by atoms with E-state index in [0.29, 0.717) is 41.0 Å². The highest BCUT2D eigenvalue weighted by atomic mass is 127. The molecule has 138 valence electrons. The fourth-order valence-electron chi connectivity index (χ4n) is 1.88. The number of nitrogens with one attached hydrogen (secondary N) is 1. The lowest BCUT2D eigenvalue weighted by Crippen LogP contribution is -2.28. The van der Waals surface area contributed by atoms with Crippen LogP contribution in [0.25, 0.3) is 0 Å². The Morgan fingerprint density at radius 3 is 2.52 bits per heavy atom. The van der Waals surface area contributed by atoms with Gasteiger partial charge in [-0.2, -0.15) is 8.78 Å². The van der Waals surface area contributed by atoms with Crippen LogP contribution in [0.3, 0.4) is 0 Å². The molecule has 0 saturated heterocycles. The van der Waals surface area contributed by atoms with Crippen molar-refractivity contribution in [2.45, 2.75) is 32.1 Å². The number of hydrogen-bond acceptors (Lipinski definition) is 3. The maximum Gasteiger partial charge on any atom is 0.381 e. The second-order valence-corrected chi connectivity index (χ2v) is 7.46. The number of rotatable bonds is 9. The number of esters is 1. The van der Waals surface area contributed by atoms with Gasteiger partial charge in [-0.05, 0) is 76.6 Å². The second-order valence-electron chi connectivity index (χ2n) is 5.15. The SMILES string of the molecule is CCOC(=O)C(F)(F)C=C(I)CCCCNC(=O)c1ccc(Br)cc1. The largest absolute Gasteiger partial charge is 0.461 e. The Bertz CT molecular complexity index is 621. The maximum absolute atomic E-state index is 13.5. The molecule has 0 bridgehead atoms. The van der Waals surface area contributed by atoms with Crippen molar-refractivity contribution in [2.75, 3.05) is 13.2 Å². The zero-order valence-electron chi connectivity index (χ0n) is 13.7. The molecule has 0 heterocycles. The van der Waals surface area contributed by atoms with Crippen LogP contribution in [0.1, 0.15) is 36.5 Å². The van der Waals surface area contributed by atoms with E-state index in [1.54, 1.807) is 46.9 Å². The monoisotopic (exact) mass is 529 g/mol. The van der Waals surface area contributed by atoms with Crippen LogP contribution in [0.15, 0.2) is 38.4 Å². The van der Waals surface area contributed by atoms with Crippen LogP contribution >= 0.6 is 38.5 Å². The predicted molar refractivity (Wildman–Crippen MR) is 104 cm³/mol. The zero-order valence-corrected chi connectivity index (χ0v) is 17.4. The lowest BCUT2D eigenvalue weighted by atomic mass is 10.2. The minimum atomic E-state index is -3.61. The number of ether oxygens (including phenoxy) is 1. The summed E-state index contributed by atoms with van der Waals surface area (Å²) in [5.74, 6) is -5.32. The molecule has 0 saturated carbocycles. The molecule has 8 heteroatoms. The van der Waals surface area contributed by atoms with Gasteiger partial charge in [-0.25, -0.2) is 4.79 Å². The summed E-state index contributed by atoms with van der Waals surface area (Å²) in [6.45, 7) is 1.84. The van der Waals surface area contributed by atoms with Gasteiger partial charge in [0, 0.05) is 22.7 Å². The summed E-state index contributed by atoms with van der Waals surface area (Å²) in [7, 11) is 0. The summed E-state index contributed by atoms with van der Waals surface area (Å²) in [5.41, 5.74) is 0.562. The van der Waals surface area contributed by atoms with Gasteiger partial charge in [-0.1, -0.05) is 15.9 Å². The van der Waals surface area contributed by atoms with Gasteiger partial charge in [0.25, 0.3) is 5.91 Å². The van der Waals surface area contributed by atoms with Crippen molar-refractivity contribution in [2.24, 2.45) is 0 Å². The zero-order chi connectivity index (χ0) is 18.9. The summed E-state index contributed by atoms with van der Waals surface area (Å²) in [6, 6.07) is 6.99. The molecule has 0 aliphatic carbocycles. The molecule has 0 aliphatic heterocycles. The number of hydrogen-bond donors (Lipinski definition) is 1. The molecular formula is C17H19BrF2INO3. The Balaban J connectivity index is 2.32. The minimum absolute atomic E-state index is 0.0864. The molecule has 0 unspecified atom stereocenters. The molecule has 0 aliphatic rings. The maximum atomic E-state index is 13.5. The lowest BCUT2D eigenvalue weighted by Gasteiger charge is -2.11. The third-order valence-electron chi connectivity index (χ3n) is 3.12. The third kappa shape index (κ3) is 8.26. The number of benzene rings is 1. The number of carbonyl (C=O) groups is 2. The van der Waals surface area contributed by atoms with Gasteiger partial charge < -0.3 is 10.1 Å². The van der Waals surface area contributed by atoms with Crippen LogP contribution in [0, 0.1) is 0 Å². The van der Waals surface area contributed by atoms with Gasteiger partial charge in [-0.15, -0.1) is 0 Å². The highest BCUT2D eigenvalue weighted by Crippen LogP contribution is 2.25. The van der Waals surface area contributed by atoms with E-state index in [-0.39, 0.29) is 12.5 Å². The van der Waals surface area contributed by atoms with Gasteiger partial charge in [0.05, 0.1) is 6.61 Å². The van der Waals surface area contributed by atoms with E-state index in [0.717, 1.165) is 4.47 Å². The standard InChI is InChI=1S/C17H19BrF2INO3/c1-2-25-16(24)17(19,20)11-14(21)5-3-4-10-22-15(23)12-6-8-13(18)9-7-12/h6-9,11H,2-5,10H2,1H3,(H,22,23). The van der Waals surface area contributed by atoms with E-state index < -0.39 is 11.9 Å². The molecule has 1 aromatic rings. The van der Waals surface area contributed by atoms with Gasteiger partial charge in [0.1, 0.15) is 0 Å². The fourth-order valence-corrected chi connectivity index (χ4v) is 2.92. The molecule has 1 rings (SSSR count). The molecule has 1 aromatic carbocycles. The van der Waals surface area contributed by atoms with Gasteiger partial charge in [0.15, 0.2) is 0 Å². The summed E-state index contributed by atoms with van der Waals surface area (Å²) < 4.78 is 32.7. The molecule has 0 radical (unpaired) electrons. The molecule has 1 N–H and O–H groups in total. The van der Waals surface area contributed by atoms with Crippen molar-refractivity contribution >= 4 is 50.4 Å². The number of alkyl halides is 2. The summed E-state index contributed by atoms with van der Waals surface area (Å²) >= 11 is 5.09. The van der Waals surface area contributed by atoms with Crippen LogP contribution < -0.4 is 5.32 Å². The van der Waals surface area contributed by atoms with Gasteiger partial charge >= 0.3 is 11.9 Å². The van der Waals surface area contributed by atoms with Crippen molar-refractivity contribution in [3.05, 3.63) is 44.0 Å². The number of carbonyl (C=O) groups excluding carboxylic acids is 2. The van der Waals surface area contributed by atoms with Crippen LogP contribution in [-0.2, 0) is 9.53 Å². The first-order valence-corrected chi connectivity index (χ1v) is 9.59. The first-order chi connectivity index (χ1) is 11.8. The highest BCUT2D eigenvalue weighted by molar-refractivity contribution is 14.1. The van der Waals surface area contributed by atoms with Crippen molar-refractivity contribution < 1.29 is 23.1 Å². The third-order valence-corrected chi connectivity index (χ3v) is 4.50. The number of unbranched alkanes of at least 4 members (excludes halogenated alkanes) is 1. The Morgan fingerprint density at radius 1 is 1.28 bits per heavy atom. The van der Waals surface area contributed by atoms with Crippen molar-refractivity contribution in [3.8, 4) is 0 Å². The average molecular weight is 530 g/mol. The normalized spacial score (nSPS) is 12.0. The number of allylic oxidation sites excluding steroid dienone is 1. The van der Waals surface area contributed by atoms with Crippen LogP contribution in [0.5, 0.6) is 0 Å². The first-order valence-electron chi connectivity index (χ1n) is 7.72. The van der Waals surface area contributed by atoms with E-state index in [2.05, 4.69) is 26.0 Å². The second kappa shape index (κ2) is 10.8. The molecule has 0 fully saturated rings. The van der Waals surface area contributed by atoms with Gasteiger partial charge in [0.2, 0.25) is 0 Å². The van der Waals surface area contributed by atoms with E-state index in [4.69, 9.17) is 0 Å². The highest BCUT2D eigenvalue weighted by Gasteiger charge is 2.38. The molecule has 0 atom stereocenters. The number of amides is 1. The fraction of sp³-hybridized carbons (Fsp3) is 0.412.